The number of ether oxygens (including phenoxy) is 1. The van der Waals surface area contributed by atoms with Crippen molar-refractivity contribution in [1.29, 1.82) is 0 Å². The summed E-state index contributed by atoms with van der Waals surface area (Å²) >= 11 is 0. The Bertz CT molecular complexity index is 1220. The number of halogens is 3. The first kappa shape index (κ1) is 28.2. The second-order valence-electron chi connectivity index (χ2n) is 10.4. The largest absolute Gasteiger partial charge is 0.491 e. The Kier molecular flexibility index (Phi) is 8.63. The molecule has 0 aliphatic rings. The van der Waals surface area contributed by atoms with E-state index in [1.807, 2.05) is 33.8 Å². The number of alkyl halides is 3. The van der Waals surface area contributed by atoms with Crippen molar-refractivity contribution in [3.63, 3.8) is 0 Å². The number of nitrogens with two attached hydrogens (primary N) is 1. The first-order valence-corrected chi connectivity index (χ1v) is 12.2. The van der Waals surface area contributed by atoms with E-state index in [4.69, 9.17) is 10.5 Å². The molecule has 37 heavy (non-hydrogen) atoms. The monoisotopic (exact) mass is 517 g/mol. The maximum absolute atomic E-state index is 13.9. The Morgan fingerprint density at radius 2 is 1.81 bits per heavy atom. The van der Waals surface area contributed by atoms with Crippen molar-refractivity contribution in [2.24, 2.45) is 11.7 Å². The lowest BCUT2D eigenvalue weighted by molar-refractivity contribution is -0.139. The van der Waals surface area contributed by atoms with Gasteiger partial charge in [0.25, 0.3) is 0 Å². The fourth-order valence-electron chi connectivity index (χ4n) is 4.10. The van der Waals surface area contributed by atoms with Crippen molar-refractivity contribution in [2.75, 3.05) is 11.9 Å². The second-order valence-corrected chi connectivity index (χ2v) is 10.4. The average molecular weight is 518 g/mol. The smallest absolute Gasteiger partial charge is 0.419 e. The van der Waals surface area contributed by atoms with Crippen LogP contribution in [0.2, 0.25) is 0 Å². The Labute approximate surface area is 215 Å². The van der Waals surface area contributed by atoms with Gasteiger partial charge in [-0.25, -0.2) is 4.98 Å². The zero-order valence-corrected chi connectivity index (χ0v) is 21.7. The molecular weight excluding hydrogens is 483 g/mol. The molecule has 10 heteroatoms. The SMILES string of the molecule is CC(C)C[C@](C)(N)COc1ccc(-c2ccnc(NC(=O)Cc3cc(C(C)C)n[nH]3)c2)cc1C(F)(F)F. The molecule has 0 unspecified atom stereocenters. The molecule has 0 saturated carbocycles. The van der Waals surface area contributed by atoms with E-state index in [1.54, 1.807) is 19.1 Å². The molecule has 7 nitrogen and oxygen atoms in total. The summed E-state index contributed by atoms with van der Waals surface area (Å²) in [7, 11) is 0. The summed E-state index contributed by atoms with van der Waals surface area (Å²) in [5.74, 6) is 0.132. The van der Waals surface area contributed by atoms with Crippen LogP contribution >= 0.6 is 0 Å². The highest BCUT2D eigenvalue weighted by Gasteiger charge is 2.35. The third-order valence-electron chi connectivity index (χ3n) is 5.67. The fourth-order valence-corrected chi connectivity index (χ4v) is 4.10. The fraction of sp³-hybridized carbons (Fsp3) is 0.444. The van der Waals surface area contributed by atoms with Crippen molar-refractivity contribution >= 4 is 11.7 Å². The van der Waals surface area contributed by atoms with Crippen LogP contribution in [0, 0.1) is 5.92 Å². The van der Waals surface area contributed by atoms with Crippen LogP contribution in [-0.2, 0) is 17.4 Å². The Balaban J connectivity index is 1.77. The molecule has 0 spiro atoms. The van der Waals surface area contributed by atoms with Crippen molar-refractivity contribution in [1.82, 2.24) is 15.2 Å². The van der Waals surface area contributed by atoms with E-state index in [-0.39, 0.29) is 42.3 Å². The molecule has 3 aromatic rings. The summed E-state index contributed by atoms with van der Waals surface area (Å²) in [5.41, 5.74) is 6.84. The third kappa shape index (κ3) is 8.04. The van der Waals surface area contributed by atoms with Gasteiger partial charge in [0.1, 0.15) is 18.2 Å². The van der Waals surface area contributed by atoms with Crippen LogP contribution in [0.1, 0.15) is 63.9 Å². The normalized spacial score (nSPS) is 13.6. The molecule has 1 amide bonds. The van der Waals surface area contributed by atoms with Crippen molar-refractivity contribution in [3.05, 3.63) is 59.5 Å². The van der Waals surface area contributed by atoms with Crippen LogP contribution in [0.5, 0.6) is 5.75 Å². The van der Waals surface area contributed by atoms with Gasteiger partial charge >= 0.3 is 6.18 Å². The molecule has 0 saturated heterocycles. The number of hydrogen-bond donors (Lipinski definition) is 3. The number of nitrogens with one attached hydrogen (secondary N) is 2. The van der Waals surface area contributed by atoms with Gasteiger partial charge in [-0.2, -0.15) is 18.3 Å². The van der Waals surface area contributed by atoms with E-state index in [0.29, 0.717) is 23.2 Å². The van der Waals surface area contributed by atoms with Crippen LogP contribution in [0.25, 0.3) is 11.1 Å². The van der Waals surface area contributed by atoms with Gasteiger partial charge < -0.3 is 15.8 Å². The first-order valence-electron chi connectivity index (χ1n) is 12.2. The van der Waals surface area contributed by atoms with Gasteiger partial charge in [0.2, 0.25) is 5.91 Å². The van der Waals surface area contributed by atoms with Crippen LogP contribution in [0.15, 0.2) is 42.6 Å². The summed E-state index contributed by atoms with van der Waals surface area (Å²) in [5, 5.41) is 9.70. The summed E-state index contributed by atoms with van der Waals surface area (Å²) in [6.45, 7) is 9.70. The van der Waals surface area contributed by atoms with Gasteiger partial charge in [-0.1, -0.05) is 33.8 Å². The molecule has 3 rings (SSSR count). The number of nitrogens with zero attached hydrogens (tertiary/aromatic N) is 2. The Morgan fingerprint density at radius 1 is 1.11 bits per heavy atom. The van der Waals surface area contributed by atoms with Crippen LogP contribution < -0.4 is 15.8 Å². The molecule has 2 aromatic heterocycles. The lowest BCUT2D eigenvalue weighted by Crippen LogP contribution is -2.43. The Hall–Kier alpha value is -3.40. The number of pyridine rings is 1. The molecule has 200 valence electrons. The summed E-state index contributed by atoms with van der Waals surface area (Å²) in [4.78, 5) is 16.6. The Morgan fingerprint density at radius 3 is 2.43 bits per heavy atom. The predicted molar refractivity (Wildman–Crippen MR) is 137 cm³/mol. The van der Waals surface area contributed by atoms with Crippen molar-refractivity contribution in [2.45, 2.75) is 65.1 Å². The second kappa shape index (κ2) is 11.3. The van der Waals surface area contributed by atoms with E-state index in [0.717, 1.165) is 11.8 Å². The minimum absolute atomic E-state index is 0.0476. The summed E-state index contributed by atoms with van der Waals surface area (Å²) in [6.07, 6.45) is -2.52. The van der Waals surface area contributed by atoms with Gasteiger partial charge in [0, 0.05) is 17.4 Å². The van der Waals surface area contributed by atoms with Crippen molar-refractivity contribution < 1.29 is 22.7 Å². The van der Waals surface area contributed by atoms with Gasteiger partial charge in [0.05, 0.1) is 17.7 Å². The van der Waals surface area contributed by atoms with Gasteiger partial charge in [-0.3, -0.25) is 9.89 Å². The quantitative estimate of drug-likeness (QED) is 0.309. The zero-order valence-electron chi connectivity index (χ0n) is 21.7. The highest BCUT2D eigenvalue weighted by molar-refractivity contribution is 5.91. The molecule has 0 aliphatic heterocycles. The number of carbonyl (C=O) groups excluding carboxylic acids is 1. The van der Waals surface area contributed by atoms with E-state index < -0.39 is 17.3 Å². The molecule has 2 heterocycles. The molecule has 0 fully saturated rings. The topological polar surface area (TPSA) is 106 Å². The minimum atomic E-state index is -4.63. The molecule has 4 N–H and O–H groups in total. The van der Waals surface area contributed by atoms with E-state index in [1.165, 1.54) is 18.3 Å². The number of carbonyl (C=O) groups is 1. The van der Waals surface area contributed by atoms with Crippen LogP contribution in [-0.4, -0.2) is 33.2 Å². The third-order valence-corrected chi connectivity index (χ3v) is 5.67. The highest BCUT2D eigenvalue weighted by atomic mass is 19.4. The van der Waals surface area contributed by atoms with E-state index >= 15 is 0 Å². The highest BCUT2D eigenvalue weighted by Crippen LogP contribution is 2.39. The molecule has 0 aliphatic carbocycles. The number of aromatic amines is 1. The molecule has 1 atom stereocenters. The molecule has 0 bridgehead atoms. The van der Waals surface area contributed by atoms with E-state index in [2.05, 4.69) is 20.5 Å². The van der Waals surface area contributed by atoms with Gasteiger partial charge in [-0.15, -0.1) is 0 Å². The average Bonchev–Trinajstić information content (AvgIpc) is 3.25. The standard InChI is InChI=1S/C27H34F3N5O2/c1-16(2)14-26(5,31)15-37-23-7-6-18(10-21(23)27(28,29)30)19-8-9-32-24(11-19)33-25(36)13-20-12-22(17(3)4)35-34-20/h6-12,16-17H,13-15,31H2,1-5H3,(H,34,35)(H,32,33,36)/t26-/m0/s1. The number of benzene rings is 1. The van der Waals surface area contributed by atoms with Gasteiger partial charge in [0.15, 0.2) is 0 Å². The number of amides is 1. The van der Waals surface area contributed by atoms with E-state index in [9.17, 15) is 18.0 Å². The predicted octanol–water partition coefficient (Wildman–Crippen LogP) is 5.94. The number of aromatic nitrogens is 3. The molecule has 0 radical (unpaired) electrons. The van der Waals surface area contributed by atoms with Crippen molar-refractivity contribution in [3.8, 4) is 16.9 Å². The van der Waals surface area contributed by atoms with Crippen LogP contribution in [0.3, 0.4) is 0 Å². The molecule has 1 aromatic carbocycles. The zero-order chi connectivity index (χ0) is 27.4. The summed E-state index contributed by atoms with van der Waals surface area (Å²) in [6, 6.07) is 8.80. The summed E-state index contributed by atoms with van der Waals surface area (Å²) < 4.78 is 47.2. The van der Waals surface area contributed by atoms with Crippen LogP contribution in [0.4, 0.5) is 19.0 Å². The lowest BCUT2D eigenvalue weighted by atomic mass is 9.93. The maximum atomic E-state index is 13.9. The van der Waals surface area contributed by atoms with Gasteiger partial charge in [-0.05, 0) is 66.6 Å². The lowest BCUT2D eigenvalue weighted by Gasteiger charge is -2.27. The maximum Gasteiger partial charge on any atom is 0.419 e. The number of anilines is 1. The number of rotatable bonds is 10. The molecular formula is C27H34F3N5O2. The minimum Gasteiger partial charge on any atom is -0.491 e. The first-order chi connectivity index (χ1) is 17.2. The number of hydrogen-bond acceptors (Lipinski definition) is 5. The number of H-pyrrole nitrogens is 1.